The number of fused-ring (bicyclic) bond motifs is 1. The minimum Gasteiger partial charge on any atom is -0.487 e. The van der Waals surface area contributed by atoms with Crippen molar-refractivity contribution in [2.75, 3.05) is 7.11 Å². The first kappa shape index (κ1) is 29.8. The fourth-order valence-electron chi connectivity index (χ4n) is 4.58. The summed E-state index contributed by atoms with van der Waals surface area (Å²) in [5, 5.41) is 1.03. The van der Waals surface area contributed by atoms with Gasteiger partial charge in [0.1, 0.15) is 12.4 Å². The summed E-state index contributed by atoms with van der Waals surface area (Å²) < 4.78 is 14.8. The molecule has 0 saturated heterocycles. The predicted molar refractivity (Wildman–Crippen MR) is 169 cm³/mol. The highest BCUT2D eigenvalue weighted by molar-refractivity contribution is 9.11. The number of allylic oxidation sites excluding steroid dienone is 1. The lowest BCUT2D eigenvalue weighted by Crippen LogP contribution is -2.40. The Labute approximate surface area is 266 Å². The molecule has 210 valence electrons. The Morgan fingerprint density at radius 1 is 1.12 bits per heavy atom. The van der Waals surface area contributed by atoms with Crippen molar-refractivity contribution in [1.82, 2.24) is 4.57 Å². The van der Waals surface area contributed by atoms with Crippen LogP contribution in [-0.2, 0) is 16.1 Å². The molecule has 1 aliphatic rings. The van der Waals surface area contributed by atoms with E-state index in [-0.39, 0.29) is 12.2 Å². The molecule has 1 aliphatic heterocycles. The largest absolute Gasteiger partial charge is 0.487 e. The third-order valence-electron chi connectivity index (χ3n) is 6.48. The highest BCUT2D eigenvalue weighted by Gasteiger charge is 2.33. The highest BCUT2D eigenvalue weighted by Crippen LogP contribution is 2.35. The molecule has 0 saturated carbocycles. The van der Waals surface area contributed by atoms with E-state index in [0.717, 1.165) is 15.6 Å². The lowest BCUT2D eigenvalue weighted by molar-refractivity contribution is -0.136. The fraction of sp³-hybridized carbons (Fsp3) is 0.167. The molecule has 41 heavy (non-hydrogen) atoms. The summed E-state index contributed by atoms with van der Waals surface area (Å²) in [7, 11) is 1.33. The van der Waals surface area contributed by atoms with Gasteiger partial charge in [0.2, 0.25) is 0 Å². The summed E-state index contributed by atoms with van der Waals surface area (Å²) in [6.07, 6.45) is 2.27. The molecular formula is C30H22Br2Cl2N2O4S. The average Bonchev–Trinajstić information content (AvgIpc) is 3.26. The summed E-state index contributed by atoms with van der Waals surface area (Å²) in [6, 6.07) is 17.7. The molecule has 0 fully saturated rings. The molecule has 0 N–H and O–H groups in total. The van der Waals surface area contributed by atoms with E-state index in [4.69, 9.17) is 37.7 Å². The van der Waals surface area contributed by atoms with Gasteiger partial charge in [-0.25, -0.2) is 9.79 Å². The number of rotatable bonds is 7. The summed E-state index contributed by atoms with van der Waals surface area (Å²) in [5.74, 6) is 0.0235. The van der Waals surface area contributed by atoms with Gasteiger partial charge in [0, 0.05) is 25.6 Å². The van der Waals surface area contributed by atoms with Gasteiger partial charge in [0.05, 0.1) is 33.4 Å². The molecule has 0 aliphatic carbocycles. The number of nitrogens with zero attached hydrogens (tertiary/aromatic N) is 2. The molecule has 5 rings (SSSR count). The molecular weight excluding hydrogens is 715 g/mol. The first-order valence-corrected chi connectivity index (χ1v) is 15.6. The Hall–Kier alpha value is -2.69. The summed E-state index contributed by atoms with van der Waals surface area (Å²) in [6.45, 7) is 2.11. The van der Waals surface area contributed by atoms with Gasteiger partial charge < -0.3 is 9.47 Å². The van der Waals surface area contributed by atoms with Gasteiger partial charge in [-0.1, -0.05) is 93.8 Å². The Kier molecular flexibility index (Phi) is 9.21. The van der Waals surface area contributed by atoms with Crippen LogP contribution in [0, 0.1) is 0 Å². The third kappa shape index (κ3) is 6.10. The maximum atomic E-state index is 14.0. The number of benzene rings is 3. The monoisotopic (exact) mass is 734 g/mol. The maximum absolute atomic E-state index is 14.0. The predicted octanol–water partition coefficient (Wildman–Crippen LogP) is 7.21. The number of methoxy groups -OCH3 is 1. The average molecular weight is 737 g/mol. The van der Waals surface area contributed by atoms with Crippen LogP contribution >= 0.6 is 66.4 Å². The van der Waals surface area contributed by atoms with Gasteiger partial charge in [-0.2, -0.15) is 0 Å². The molecule has 0 bridgehead atoms. The molecule has 4 aromatic rings. The zero-order valence-corrected chi connectivity index (χ0v) is 27.3. The minimum absolute atomic E-state index is 0.189. The van der Waals surface area contributed by atoms with Crippen LogP contribution in [-0.4, -0.2) is 17.6 Å². The van der Waals surface area contributed by atoms with Crippen molar-refractivity contribution in [2.45, 2.75) is 26.0 Å². The second-order valence-corrected chi connectivity index (χ2v) is 12.7. The molecule has 2 heterocycles. The summed E-state index contributed by atoms with van der Waals surface area (Å²) >= 11 is 20.8. The van der Waals surface area contributed by atoms with Crippen molar-refractivity contribution < 1.29 is 14.3 Å². The second kappa shape index (κ2) is 12.7. The van der Waals surface area contributed by atoms with Crippen molar-refractivity contribution >= 4 is 78.4 Å². The molecule has 3 aromatic carbocycles. The zero-order valence-electron chi connectivity index (χ0n) is 21.8. The van der Waals surface area contributed by atoms with Gasteiger partial charge in [0.25, 0.3) is 5.56 Å². The van der Waals surface area contributed by atoms with E-state index in [0.29, 0.717) is 52.9 Å². The van der Waals surface area contributed by atoms with Crippen LogP contribution in [0.5, 0.6) is 5.75 Å². The highest BCUT2D eigenvalue weighted by atomic mass is 79.9. The van der Waals surface area contributed by atoms with E-state index in [9.17, 15) is 9.59 Å². The van der Waals surface area contributed by atoms with Crippen molar-refractivity contribution in [3.05, 3.63) is 127 Å². The topological polar surface area (TPSA) is 69.9 Å². The molecule has 1 atom stereocenters. The van der Waals surface area contributed by atoms with E-state index in [1.54, 1.807) is 22.8 Å². The molecule has 0 spiro atoms. The Morgan fingerprint density at radius 3 is 2.56 bits per heavy atom. The summed E-state index contributed by atoms with van der Waals surface area (Å²) in [5.41, 5.74) is 2.89. The van der Waals surface area contributed by atoms with Crippen LogP contribution in [0.3, 0.4) is 0 Å². The molecule has 0 unspecified atom stereocenters. The van der Waals surface area contributed by atoms with Gasteiger partial charge >= 0.3 is 5.97 Å². The Balaban J connectivity index is 1.66. The Morgan fingerprint density at radius 2 is 1.88 bits per heavy atom. The zero-order chi connectivity index (χ0) is 29.3. The minimum atomic E-state index is -0.672. The van der Waals surface area contributed by atoms with Crippen molar-refractivity contribution in [3.63, 3.8) is 0 Å². The standard InChI is InChI=1S/C30H22Br2Cl2N2O4S/c1-3-23-25(29(38)39-2)26(16-7-5-4-6-8-16)36-28(37)24(41-30(36)35-23)12-18-11-19(31)13-21(32)27(18)40-15-17-9-10-20(33)14-22(17)34/h4-14,26H,3,15H2,1-2H3/b24-12+/t26-/m0/s1. The SMILES string of the molecule is CCC1=C(C(=O)OC)[C@H](c2ccccc2)n2c(s/c(=C/c3cc(Br)cc(Br)c3OCc3ccc(Cl)cc3Cl)c2=O)=N1. The lowest BCUT2D eigenvalue weighted by Gasteiger charge is -2.25. The number of carbonyl (C=O) groups is 1. The molecule has 0 radical (unpaired) electrons. The molecule has 11 heteroatoms. The number of carbonyl (C=O) groups excluding carboxylic acids is 1. The van der Waals surface area contributed by atoms with E-state index >= 15 is 0 Å². The normalized spacial score (nSPS) is 15.0. The van der Waals surface area contributed by atoms with E-state index in [2.05, 4.69) is 31.9 Å². The lowest BCUT2D eigenvalue weighted by atomic mass is 9.95. The number of halogens is 4. The van der Waals surface area contributed by atoms with Crippen LogP contribution in [0.25, 0.3) is 6.08 Å². The van der Waals surface area contributed by atoms with Gasteiger partial charge in [-0.3, -0.25) is 9.36 Å². The molecule has 0 amide bonds. The number of thiazole rings is 1. The van der Waals surface area contributed by atoms with Gasteiger partial charge in [-0.05, 0) is 58.3 Å². The number of hydrogen-bond donors (Lipinski definition) is 0. The smallest absolute Gasteiger partial charge is 0.338 e. The van der Waals surface area contributed by atoms with E-state index < -0.39 is 12.0 Å². The van der Waals surface area contributed by atoms with Gasteiger partial charge in [0.15, 0.2) is 4.80 Å². The third-order valence-corrected chi connectivity index (χ3v) is 9.09. The van der Waals surface area contributed by atoms with E-state index in [1.807, 2.05) is 55.5 Å². The Bertz CT molecular complexity index is 1870. The molecule has 6 nitrogen and oxygen atoms in total. The number of hydrogen-bond acceptors (Lipinski definition) is 6. The second-order valence-electron chi connectivity index (χ2n) is 9.03. The van der Waals surface area contributed by atoms with Crippen LogP contribution < -0.4 is 19.6 Å². The van der Waals surface area contributed by atoms with Crippen LogP contribution in [0.2, 0.25) is 10.0 Å². The molecule has 1 aromatic heterocycles. The van der Waals surface area contributed by atoms with Crippen LogP contribution in [0.15, 0.2) is 90.7 Å². The number of ether oxygens (including phenoxy) is 2. The van der Waals surface area contributed by atoms with Crippen molar-refractivity contribution in [3.8, 4) is 5.75 Å². The first-order chi connectivity index (χ1) is 19.7. The maximum Gasteiger partial charge on any atom is 0.338 e. The van der Waals surface area contributed by atoms with Crippen molar-refractivity contribution in [2.24, 2.45) is 4.99 Å². The summed E-state index contributed by atoms with van der Waals surface area (Å²) in [4.78, 5) is 32.2. The van der Waals surface area contributed by atoms with Crippen molar-refractivity contribution in [1.29, 1.82) is 0 Å². The quantitative estimate of drug-likeness (QED) is 0.188. The van der Waals surface area contributed by atoms with Crippen LogP contribution in [0.4, 0.5) is 0 Å². The number of aromatic nitrogens is 1. The van der Waals surface area contributed by atoms with E-state index in [1.165, 1.54) is 18.4 Å². The number of esters is 1. The first-order valence-electron chi connectivity index (χ1n) is 12.5. The van der Waals surface area contributed by atoms with Gasteiger partial charge in [-0.15, -0.1) is 0 Å². The fourth-order valence-corrected chi connectivity index (χ4v) is 7.43. The van der Waals surface area contributed by atoms with Crippen LogP contribution in [0.1, 0.15) is 36.1 Å².